The van der Waals surface area contributed by atoms with E-state index in [1.807, 2.05) is 7.05 Å². The molecule has 3 heteroatoms. The first-order chi connectivity index (χ1) is 4.95. The van der Waals surface area contributed by atoms with Crippen LogP contribution < -0.4 is 0 Å². The SMILES string of the molecule is CC(=O)N(C)CN(C)C(C)C. The van der Waals surface area contributed by atoms with Crippen molar-refractivity contribution in [3.8, 4) is 0 Å². The number of hydrogen-bond donors (Lipinski definition) is 0. The smallest absolute Gasteiger partial charge is 0.220 e. The zero-order valence-electron chi connectivity index (χ0n) is 8.09. The van der Waals surface area contributed by atoms with Crippen LogP contribution >= 0.6 is 0 Å². The van der Waals surface area contributed by atoms with Crippen LogP contribution in [-0.2, 0) is 4.79 Å². The number of carbonyl (C=O) groups excluding carboxylic acids is 1. The molecule has 1 amide bonds. The Hall–Kier alpha value is -0.570. The normalized spacial score (nSPS) is 10.8. The Balaban J connectivity index is 3.75. The molecule has 0 aromatic rings. The minimum atomic E-state index is 0.109. The van der Waals surface area contributed by atoms with Gasteiger partial charge < -0.3 is 4.90 Å². The topological polar surface area (TPSA) is 23.6 Å². The second-order valence-electron chi connectivity index (χ2n) is 3.21. The first-order valence-electron chi connectivity index (χ1n) is 3.87. The van der Waals surface area contributed by atoms with Gasteiger partial charge in [0.15, 0.2) is 0 Å². The molecule has 0 spiro atoms. The molecule has 0 bridgehead atoms. The van der Waals surface area contributed by atoms with Gasteiger partial charge >= 0.3 is 0 Å². The molecule has 0 N–H and O–H groups in total. The average molecular weight is 158 g/mol. The fraction of sp³-hybridized carbons (Fsp3) is 0.875. The third kappa shape index (κ3) is 3.98. The molecule has 0 aliphatic heterocycles. The standard InChI is InChI=1S/C8H18N2O/c1-7(2)9(4)6-10(5)8(3)11/h7H,6H2,1-5H3. The summed E-state index contributed by atoms with van der Waals surface area (Å²) in [5.41, 5.74) is 0. The van der Waals surface area contributed by atoms with Gasteiger partial charge in [-0.3, -0.25) is 9.69 Å². The summed E-state index contributed by atoms with van der Waals surface area (Å²) in [4.78, 5) is 14.6. The zero-order valence-corrected chi connectivity index (χ0v) is 8.09. The molecule has 0 radical (unpaired) electrons. The maximum atomic E-state index is 10.8. The van der Waals surface area contributed by atoms with Crippen LogP contribution in [0.3, 0.4) is 0 Å². The maximum Gasteiger partial charge on any atom is 0.220 e. The lowest BCUT2D eigenvalue weighted by Gasteiger charge is -2.26. The van der Waals surface area contributed by atoms with Crippen molar-refractivity contribution in [3.05, 3.63) is 0 Å². The summed E-state index contributed by atoms with van der Waals surface area (Å²) < 4.78 is 0. The van der Waals surface area contributed by atoms with E-state index in [0.717, 1.165) is 0 Å². The summed E-state index contributed by atoms with van der Waals surface area (Å²) in [5.74, 6) is 0.109. The second-order valence-corrected chi connectivity index (χ2v) is 3.21. The quantitative estimate of drug-likeness (QED) is 0.566. The Morgan fingerprint density at radius 1 is 1.36 bits per heavy atom. The minimum Gasteiger partial charge on any atom is -0.333 e. The molecule has 0 atom stereocenters. The van der Waals surface area contributed by atoms with E-state index in [0.29, 0.717) is 12.7 Å². The van der Waals surface area contributed by atoms with E-state index in [9.17, 15) is 4.79 Å². The molecule has 11 heavy (non-hydrogen) atoms. The summed E-state index contributed by atoms with van der Waals surface area (Å²) in [5, 5.41) is 0. The van der Waals surface area contributed by atoms with Gasteiger partial charge in [-0.15, -0.1) is 0 Å². The molecular formula is C8H18N2O. The predicted molar refractivity (Wildman–Crippen MR) is 46.2 cm³/mol. The zero-order chi connectivity index (χ0) is 9.02. The van der Waals surface area contributed by atoms with Crippen molar-refractivity contribution in [2.75, 3.05) is 20.8 Å². The van der Waals surface area contributed by atoms with Gasteiger partial charge in [0.05, 0.1) is 6.67 Å². The van der Waals surface area contributed by atoms with E-state index >= 15 is 0 Å². The molecular weight excluding hydrogens is 140 g/mol. The first-order valence-corrected chi connectivity index (χ1v) is 3.87. The van der Waals surface area contributed by atoms with Crippen LogP contribution in [0.4, 0.5) is 0 Å². The summed E-state index contributed by atoms with van der Waals surface area (Å²) in [6, 6.07) is 0.483. The van der Waals surface area contributed by atoms with E-state index in [4.69, 9.17) is 0 Å². The first kappa shape index (κ1) is 10.4. The Bertz CT molecular complexity index is 134. The lowest BCUT2D eigenvalue weighted by Crippen LogP contribution is -2.39. The van der Waals surface area contributed by atoms with Crippen LogP contribution in [0.5, 0.6) is 0 Å². The van der Waals surface area contributed by atoms with Gasteiger partial charge in [0.1, 0.15) is 0 Å². The Morgan fingerprint density at radius 2 is 1.82 bits per heavy atom. The van der Waals surface area contributed by atoms with Gasteiger partial charge in [0.2, 0.25) is 5.91 Å². The maximum absolute atomic E-state index is 10.8. The number of rotatable bonds is 3. The molecule has 0 aromatic carbocycles. The molecule has 3 nitrogen and oxygen atoms in total. The largest absolute Gasteiger partial charge is 0.333 e. The monoisotopic (exact) mass is 158 g/mol. The van der Waals surface area contributed by atoms with Crippen LogP contribution in [0.25, 0.3) is 0 Å². The van der Waals surface area contributed by atoms with Crippen molar-refractivity contribution in [2.45, 2.75) is 26.8 Å². The summed E-state index contributed by atoms with van der Waals surface area (Å²) in [6.07, 6.45) is 0. The molecule has 0 fully saturated rings. The highest BCUT2D eigenvalue weighted by Gasteiger charge is 2.07. The molecule has 0 saturated carbocycles. The summed E-state index contributed by atoms with van der Waals surface area (Å²) >= 11 is 0. The summed E-state index contributed by atoms with van der Waals surface area (Å²) in [7, 11) is 3.81. The van der Waals surface area contributed by atoms with Gasteiger partial charge in [0.25, 0.3) is 0 Å². The fourth-order valence-corrected chi connectivity index (χ4v) is 0.597. The lowest BCUT2D eigenvalue weighted by molar-refractivity contribution is -0.129. The van der Waals surface area contributed by atoms with E-state index in [1.54, 1.807) is 18.9 Å². The highest BCUT2D eigenvalue weighted by molar-refractivity contribution is 5.72. The molecule has 66 valence electrons. The Morgan fingerprint density at radius 3 is 2.09 bits per heavy atom. The van der Waals surface area contributed by atoms with Crippen molar-refractivity contribution in [1.82, 2.24) is 9.80 Å². The second kappa shape index (κ2) is 4.34. The molecule has 0 rings (SSSR count). The van der Waals surface area contributed by atoms with Gasteiger partial charge in [-0.2, -0.15) is 0 Å². The van der Waals surface area contributed by atoms with Crippen LogP contribution in [0.1, 0.15) is 20.8 Å². The van der Waals surface area contributed by atoms with Crippen LogP contribution in [0.15, 0.2) is 0 Å². The fourth-order valence-electron chi connectivity index (χ4n) is 0.597. The average Bonchev–Trinajstić information content (AvgIpc) is 1.87. The van der Waals surface area contributed by atoms with Crippen molar-refractivity contribution in [2.24, 2.45) is 0 Å². The van der Waals surface area contributed by atoms with Crippen LogP contribution in [0, 0.1) is 0 Å². The van der Waals surface area contributed by atoms with Gasteiger partial charge in [-0.25, -0.2) is 0 Å². The van der Waals surface area contributed by atoms with Crippen molar-refractivity contribution in [1.29, 1.82) is 0 Å². The van der Waals surface area contributed by atoms with E-state index in [-0.39, 0.29) is 5.91 Å². The van der Waals surface area contributed by atoms with Crippen molar-refractivity contribution >= 4 is 5.91 Å². The van der Waals surface area contributed by atoms with Gasteiger partial charge in [-0.05, 0) is 20.9 Å². The predicted octanol–water partition coefficient (Wildman–Crippen LogP) is 0.762. The molecule has 0 heterocycles. The van der Waals surface area contributed by atoms with Crippen LogP contribution in [0.2, 0.25) is 0 Å². The van der Waals surface area contributed by atoms with Crippen LogP contribution in [-0.4, -0.2) is 42.5 Å². The Kier molecular flexibility index (Phi) is 4.11. The minimum absolute atomic E-state index is 0.109. The van der Waals surface area contributed by atoms with E-state index in [2.05, 4.69) is 18.7 Å². The van der Waals surface area contributed by atoms with Crippen molar-refractivity contribution in [3.63, 3.8) is 0 Å². The number of hydrogen-bond acceptors (Lipinski definition) is 2. The molecule has 0 unspecified atom stereocenters. The van der Waals surface area contributed by atoms with E-state index in [1.165, 1.54) is 0 Å². The van der Waals surface area contributed by atoms with E-state index < -0.39 is 0 Å². The van der Waals surface area contributed by atoms with Crippen molar-refractivity contribution < 1.29 is 4.79 Å². The van der Waals surface area contributed by atoms with Gasteiger partial charge in [0, 0.05) is 20.0 Å². The number of nitrogens with zero attached hydrogens (tertiary/aromatic N) is 2. The summed E-state index contributed by atoms with van der Waals surface area (Å²) in [6.45, 7) is 6.49. The molecule has 0 aromatic heterocycles. The molecule has 0 saturated heterocycles. The highest BCUT2D eigenvalue weighted by atomic mass is 16.2. The molecule has 0 aliphatic carbocycles. The lowest BCUT2D eigenvalue weighted by atomic mass is 10.4. The highest BCUT2D eigenvalue weighted by Crippen LogP contribution is 1.94. The third-order valence-electron chi connectivity index (χ3n) is 1.85. The number of amides is 1. The Labute approximate surface area is 69.0 Å². The molecule has 0 aliphatic rings. The number of carbonyl (C=O) groups is 1. The van der Waals surface area contributed by atoms with Gasteiger partial charge in [-0.1, -0.05) is 0 Å². The third-order valence-corrected chi connectivity index (χ3v) is 1.85.